The van der Waals surface area contributed by atoms with Crippen LogP contribution in [-0.2, 0) is 25.6 Å². The van der Waals surface area contributed by atoms with Gasteiger partial charge in [-0.25, -0.2) is 9.59 Å². The van der Waals surface area contributed by atoms with Crippen molar-refractivity contribution >= 4 is 23.3 Å². The topological polar surface area (TPSA) is 99.5 Å². The van der Waals surface area contributed by atoms with Crippen LogP contribution < -0.4 is 0 Å². The molecular weight excluding hydrogens is 534 g/mol. The summed E-state index contributed by atoms with van der Waals surface area (Å²) in [5, 5.41) is 16.4. The van der Waals surface area contributed by atoms with E-state index in [4.69, 9.17) is 29.3 Å². The summed E-state index contributed by atoms with van der Waals surface area (Å²) in [7, 11) is 0. The lowest BCUT2D eigenvalue weighted by atomic mass is 9.87. The van der Waals surface area contributed by atoms with Gasteiger partial charge in [0.15, 0.2) is 0 Å². The van der Waals surface area contributed by atoms with E-state index in [1.807, 2.05) is 11.3 Å². The molecular formula is C22H30F6N2O6S. The quantitative estimate of drug-likeness (QED) is 0.537. The number of ether oxygens (including phenoxy) is 2. The van der Waals surface area contributed by atoms with E-state index >= 15 is 0 Å². The maximum atomic E-state index is 10.6. The molecule has 0 aliphatic carbocycles. The highest BCUT2D eigenvalue weighted by molar-refractivity contribution is 7.09. The molecule has 3 aliphatic heterocycles. The zero-order chi connectivity index (χ0) is 27.7. The van der Waals surface area contributed by atoms with Crippen molar-refractivity contribution in [1.29, 1.82) is 0 Å². The van der Waals surface area contributed by atoms with Gasteiger partial charge in [-0.2, -0.15) is 26.3 Å². The highest BCUT2D eigenvalue weighted by Crippen LogP contribution is 2.36. The monoisotopic (exact) mass is 564 g/mol. The lowest BCUT2D eigenvalue weighted by molar-refractivity contribution is -0.193. The van der Waals surface area contributed by atoms with Gasteiger partial charge in [0.2, 0.25) is 0 Å². The Balaban J connectivity index is 0.000000286. The van der Waals surface area contributed by atoms with E-state index in [2.05, 4.69) is 27.3 Å². The van der Waals surface area contributed by atoms with Crippen LogP contribution >= 0.6 is 11.3 Å². The maximum Gasteiger partial charge on any atom is 0.490 e. The summed E-state index contributed by atoms with van der Waals surface area (Å²) in [6.07, 6.45) is -6.48. The molecule has 3 aliphatic rings. The lowest BCUT2D eigenvalue weighted by Gasteiger charge is -2.35. The molecule has 1 spiro atoms. The number of carbonyl (C=O) groups is 2. The number of rotatable bonds is 3. The molecule has 212 valence electrons. The minimum Gasteiger partial charge on any atom is -0.475 e. The van der Waals surface area contributed by atoms with Gasteiger partial charge in [0.25, 0.3) is 0 Å². The average Bonchev–Trinajstić information content (AvgIpc) is 3.42. The Kier molecular flexibility index (Phi) is 11.6. The standard InChI is InChI=1S/C18H28N2O2S.2C2HF3O2/c1-2-17(23-11-1)12-19-7-10-22-15-18(13-19)5-6-20(14-18)16-3-8-21-9-4-16;2*3-2(4,5)1(6)7/h1-2,11,16H,3-10,12-15H2;2*(H,6,7). The van der Waals surface area contributed by atoms with Crippen molar-refractivity contribution in [1.82, 2.24) is 9.80 Å². The van der Waals surface area contributed by atoms with E-state index in [1.54, 1.807) is 0 Å². The van der Waals surface area contributed by atoms with Crippen molar-refractivity contribution in [2.45, 2.75) is 44.2 Å². The SMILES string of the molecule is O=C(O)C(F)(F)F.O=C(O)C(F)(F)F.c1csc(CN2CCOCC3(CCN(C4CCOCC4)C3)C2)c1. The molecule has 2 N–H and O–H groups in total. The highest BCUT2D eigenvalue weighted by Gasteiger charge is 2.43. The van der Waals surface area contributed by atoms with Crippen LogP contribution in [0.15, 0.2) is 17.5 Å². The first-order chi connectivity index (χ1) is 17.2. The number of hydrogen-bond acceptors (Lipinski definition) is 7. The van der Waals surface area contributed by atoms with Crippen molar-refractivity contribution in [3.05, 3.63) is 22.4 Å². The van der Waals surface area contributed by atoms with Gasteiger partial charge in [-0.05, 0) is 37.3 Å². The van der Waals surface area contributed by atoms with Crippen LogP contribution in [0.25, 0.3) is 0 Å². The van der Waals surface area contributed by atoms with Gasteiger partial charge in [0.05, 0.1) is 13.2 Å². The molecule has 1 aromatic heterocycles. The van der Waals surface area contributed by atoms with E-state index in [9.17, 15) is 26.3 Å². The Hall–Kier alpha value is -1.94. The zero-order valence-corrected chi connectivity index (χ0v) is 20.7. The van der Waals surface area contributed by atoms with Crippen molar-refractivity contribution in [3.63, 3.8) is 0 Å². The summed E-state index contributed by atoms with van der Waals surface area (Å²) in [5.74, 6) is -5.51. The molecule has 4 rings (SSSR count). The number of likely N-dealkylation sites (tertiary alicyclic amines) is 1. The largest absolute Gasteiger partial charge is 0.490 e. The summed E-state index contributed by atoms with van der Waals surface area (Å²) < 4.78 is 75.0. The molecule has 0 amide bonds. The summed E-state index contributed by atoms with van der Waals surface area (Å²) in [6, 6.07) is 5.15. The molecule has 4 heterocycles. The van der Waals surface area contributed by atoms with Crippen LogP contribution in [0, 0.1) is 5.41 Å². The minimum atomic E-state index is -5.08. The Morgan fingerprint density at radius 1 is 0.973 bits per heavy atom. The van der Waals surface area contributed by atoms with E-state index in [1.165, 1.54) is 43.8 Å². The van der Waals surface area contributed by atoms with Crippen molar-refractivity contribution in [2.24, 2.45) is 5.41 Å². The van der Waals surface area contributed by atoms with Crippen LogP contribution in [0.2, 0.25) is 0 Å². The number of aliphatic carboxylic acids is 2. The molecule has 15 heteroatoms. The van der Waals surface area contributed by atoms with E-state index in [0.29, 0.717) is 5.41 Å². The number of thiophene rings is 1. The molecule has 3 saturated heterocycles. The average molecular weight is 565 g/mol. The van der Waals surface area contributed by atoms with Crippen LogP contribution in [0.1, 0.15) is 24.1 Å². The van der Waals surface area contributed by atoms with Crippen LogP contribution in [0.3, 0.4) is 0 Å². The molecule has 0 radical (unpaired) electrons. The van der Waals surface area contributed by atoms with Gasteiger partial charge in [-0.15, -0.1) is 11.3 Å². The van der Waals surface area contributed by atoms with Gasteiger partial charge < -0.3 is 19.7 Å². The highest BCUT2D eigenvalue weighted by atomic mass is 32.1. The van der Waals surface area contributed by atoms with Gasteiger partial charge in [-0.1, -0.05) is 6.07 Å². The van der Waals surface area contributed by atoms with Crippen molar-refractivity contribution < 1.29 is 55.6 Å². The fraction of sp³-hybridized carbons (Fsp3) is 0.727. The van der Waals surface area contributed by atoms with Crippen LogP contribution in [0.5, 0.6) is 0 Å². The fourth-order valence-electron chi connectivity index (χ4n) is 4.42. The second-order valence-electron chi connectivity index (χ2n) is 9.01. The number of carboxylic acids is 2. The third kappa shape index (κ3) is 10.8. The zero-order valence-electron chi connectivity index (χ0n) is 19.9. The summed E-state index contributed by atoms with van der Waals surface area (Å²) in [4.78, 5) is 24.6. The molecule has 1 atom stereocenters. The molecule has 1 unspecified atom stereocenters. The fourth-order valence-corrected chi connectivity index (χ4v) is 5.16. The number of carboxylic acid groups (broad SMARTS) is 2. The molecule has 37 heavy (non-hydrogen) atoms. The molecule has 1 aromatic rings. The second-order valence-corrected chi connectivity index (χ2v) is 10.0. The van der Waals surface area contributed by atoms with Gasteiger partial charge in [0.1, 0.15) is 0 Å². The molecule has 8 nitrogen and oxygen atoms in total. The maximum absolute atomic E-state index is 10.6. The molecule has 0 aromatic carbocycles. The van der Waals surface area contributed by atoms with Crippen molar-refractivity contribution in [2.75, 3.05) is 52.6 Å². The first kappa shape index (κ1) is 31.3. The third-order valence-corrected chi connectivity index (χ3v) is 7.00. The van der Waals surface area contributed by atoms with Gasteiger partial charge in [0, 0.05) is 55.7 Å². The second kappa shape index (κ2) is 13.7. The van der Waals surface area contributed by atoms with E-state index < -0.39 is 24.3 Å². The summed E-state index contributed by atoms with van der Waals surface area (Å²) >= 11 is 1.87. The number of halogens is 6. The van der Waals surface area contributed by atoms with Gasteiger partial charge in [-0.3, -0.25) is 9.80 Å². The summed E-state index contributed by atoms with van der Waals surface area (Å²) in [5.41, 5.74) is 0.339. The lowest BCUT2D eigenvalue weighted by Crippen LogP contribution is -2.43. The number of hydrogen-bond donors (Lipinski definition) is 2. The van der Waals surface area contributed by atoms with E-state index in [-0.39, 0.29) is 0 Å². The smallest absolute Gasteiger partial charge is 0.475 e. The first-order valence-electron chi connectivity index (χ1n) is 11.5. The Morgan fingerprint density at radius 2 is 1.57 bits per heavy atom. The minimum absolute atomic E-state index is 0.339. The van der Waals surface area contributed by atoms with Crippen LogP contribution in [0.4, 0.5) is 26.3 Å². The van der Waals surface area contributed by atoms with Crippen LogP contribution in [-0.4, -0.2) is 103 Å². The molecule has 0 saturated carbocycles. The third-order valence-electron chi connectivity index (χ3n) is 6.14. The van der Waals surface area contributed by atoms with Crippen molar-refractivity contribution in [3.8, 4) is 0 Å². The molecule has 0 bridgehead atoms. The Labute approximate surface area is 213 Å². The molecule has 3 fully saturated rings. The number of nitrogens with zero attached hydrogens (tertiary/aromatic N) is 2. The predicted molar refractivity (Wildman–Crippen MR) is 120 cm³/mol. The Morgan fingerprint density at radius 3 is 2.08 bits per heavy atom. The first-order valence-corrected chi connectivity index (χ1v) is 12.3. The Bertz CT molecular complexity index is 824. The van der Waals surface area contributed by atoms with E-state index in [0.717, 1.165) is 45.6 Å². The normalized spacial score (nSPS) is 23.9. The predicted octanol–water partition coefficient (Wildman–Crippen LogP) is 3.72. The number of alkyl halides is 6. The summed E-state index contributed by atoms with van der Waals surface area (Å²) in [6.45, 7) is 9.48. The van der Waals surface area contributed by atoms with Gasteiger partial charge >= 0.3 is 24.3 Å².